The van der Waals surface area contributed by atoms with Crippen molar-refractivity contribution in [2.45, 2.75) is 57.2 Å². The van der Waals surface area contributed by atoms with Gasteiger partial charge in [-0.05, 0) is 67.6 Å². The first-order valence-corrected chi connectivity index (χ1v) is 14.2. The number of nitrogens with zero attached hydrogens (tertiary/aromatic N) is 2. The summed E-state index contributed by atoms with van der Waals surface area (Å²) in [5.74, 6) is -7.46. The number of aromatic nitrogens is 1. The number of carbonyl (C=O) groups is 4. The van der Waals surface area contributed by atoms with Crippen LogP contribution in [-0.4, -0.2) is 79.4 Å². The van der Waals surface area contributed by atoms with E-state index in [1.807, 2.05) is 20.8 Å². The van der Waals surface area contributed by atoms with Crippen LogP contribution in [0.15, 0.2) is 53.3 Å². The minimum absolute atomic E-state index is 0.0160. The number of nitrogens with one attached hydrogen (secondary N) is 1. The van der Waals surface area contributed by atoms with Crippen molar-refractivity contribution in [1.82, 2.24) is 15.2 Å². The van der Waals surface area contributed by atoms with Crippen molar-refractivity contribution in [3.63, 3.8) is 0 Å². The van der Waals surface area contributed by atoms with Crippen LogP contribution in [0.1, 0.15) is 64.6 Å². The van der Waals surface area contributed by atoms with Crippen LogP contribution in [0.4, 0.5) is 0 Å². The second kappa shape index (κ2) is 10.6. The van der Waals surface area contributed by atoms with Crippen molar-refractivity contribution in [3.05, 3.63) is 81.1 Å². The average molecular weight is 605 g/mol. The summed E-state index contributed by atoms with van der Waals surface area (Å²) >= 11 is 0. The zero-order valence-corrected chi connectivity index (χ0v) is 25.1. The molecule has 0 unspecified atom stereocenters. The number of benzene rings is 1. The fourth-order valence-electron chi connectivity index (χ4n) is 6.90. The zero-order valence-electron chi connectivity index (χ0n) is 25.1. The number of rotatable bonds is 5. The van der Waals surface area contributed by atoms with Crippen molar-refractivity contribution < 1.29 is 39.6 Å². The Morgan fingerprint density at radius 3 is 2.43 bits per heavy atom. The second-order valence-electron chi connectivity index (χ2n) is 12.9. The highest BCUT2D eigenvalue weighted by Gasteiger charge is 2.63. The molecule has 44 heavy (non-hydrogen) atoms. The van der Waals surface area contributed by atoms with Crippen molar-refractivity contribution in [3.8, 4) is 5.75 Å². The van der Waals surface area contributed by atoms with Gasteiger partial charge in [0, 0.05) is 36.0 Å². The lowest BCUT2D eigenvalue weighted by atomic mass is 9.58. The number of likely N-dealkylation sites (N-methyl/N-ethyl adjacent to an activating group) is 1. The summed E-state index contributed by atoms with van der Waals surface area (Å²) < 4.78 is 0. The van der Waals surface area contributed by atoms with E-state index in [0.29, 0.717) is 22.3 Å². The molecule has 1 aromatic carbocycles. The molecule has 4 atom stereocenters. The van der Waals surface area contributed by atoms with E-state index in [-0.39, 0.29) is 42.2 Å². The van der Waals surface area contributed by atoms with Crippen LogP contribution < -0.4 is 11.1 Å². The van der Waals surface area contributed by atoms with Crippen LogP contribution in [0.2, 0.25) is 0 Å². The summed E-state index contributed by atoms with van der Waals surface area (Å²) in [6.07, 6.45) is 3.06. The molecule has 5 rings (SSSR count). The zero-order chi connectivity index (χ0) is 32.5. The Bertz CT molecular complexity index is 1670. The number of aromatic hydroxyl groups is 1. The van der Waals surface area contributed by atoms with Gasteiger partial charge in [0.15, 0.2) is 11.4 Å². The first-order valence-electron chi connectivity index (χ1n) is 14.2. The average Bonchev–Trinajstić information content (AvgIpc) is 2.93. The molecule has 2 aromatic rings. The molecule has 1 aromatic heterocycles. The van der Waals surface area contributed by atoms with Crippen molar-refractivity contribution >= 4 is 23.4 Å². The predicted molar refractivity (Wildman–Crippen MR) is 158 cm³/mol. The lowest BCUT2D eigenvalue weighted by Gasteiger charge is -2.50. The number of aliphatic hydroxyl groups excluding tert-OH is 2. The fourth-order valence-corrected chi connectivity index (χ4v) is 6.90. The Kier molecular flexibility index (Phi) is 7.42. The number of carbonyl (C=O) groups excluding carboxylic acids is 4. The van der Waals surface area contributed by atoms with Gasteiger partial charge in [0.25, 0.3) is 11.8 Å². The third-order valence-electron chi connectivity index (χ3n) is 8.99. The molecule has 3 aliphatic carbocycles. The number of hydrogen-bond acceptors (Lipinski definition) is 10. The first kappa shape index (κ1) is 30.9. The molecule has 0 bridgehead atoms. The van der Waals surface area contributed by atoms with E-state index < -0.39 is 63.5 Å². The normalized spacial score (nSPS) is 25.0. The Balaban J connectivity index is 1.67. The third-order valence-corrected chi connectivity index (χ3v) is 8.99. The topological polar surface area (TPSA) is 203 Å². The van der Waals surface area contributed by atoms with E-state index in [0.717, 1.165) is 0 Å². The summed E-state index contributed by atoms with van der Waals surface area (Å²) in [5.41, 5.74) is 2.65. The molecular weight excluding hydrogens is 568 g/mol. The van der Waals surface area contributed by atoms with Gasteiger partial charge in [-0.3, -0.25) is 29.1 Å². The van der Waals surface area contributed by atoms with E-state index >= 15 is 0 Å². The molecule has 0 fully saturated rings. The Hall–Kier alpha value is -4.55. The van der Waals surface area contributed by atoms with Gasteiger partial charge in [-0.25, -0.2) is 0 Å². The number of nitrogens with two attached hydrogens (primary N) is 1. The number of Topliss-reactive ketones (excluding diaryl/α,β-unsaturated/α-hetero) is 2. The summed E-state index contributed by atoms with van der Waals surface area (Å²) in [6.45, 7) is 5.56. The molecule has 12 heteroatoms. The molecule has 3 aliphatic rings. The number of phenolic OH excluding ortho intramolecular Hbond substituents is 1. The van der Waals surface area contributed by atoms with Crippen molar-refractivity contribution in [2.24, 2.45) is 17.6 Å². The largest absolute Gasteiger partial charge is 0.510 e. The van der Waals surface area contributed by atoms with Crippen LogP contribution in [0, 0.1) is 11.8 Å². The minimum atomic E-state index is -2.72. The summed E-state index contributed by atoms with van der Waals surface area (Å²) in [4.78, 5) is 58.3. The van der Waals surface area contributed by atoms with Gasteiger partial charge >= 0.3 is 0 Å². The maximum absolute atomic E-state index is 14.2. The van der Waals surface area contributed by atoms with E-state index in [4.69, 9.17) is 5.73 Å². The molecule has 0 saturated carbocycles. The van der Waals surface area contributed by atoms with E-state index in [2.05, 4.69) is 10.3 Å². The monoisotopic (exact) mass is 604 g/mol. The van der Waals surface area contributed by atoms with Gasteiger partial charge in [0.05, 0.1) is 17.2 Å². The van der Waals surface area contributed by atoms with E-state index in [9.17, 15) is 39.6 Å². The van der Waals surface area contributed by atoms with Gasteiger partial charge in [0.2, 0.25) is 5.78 Å². The van der Waals surface area contributed by atoms with Crippen LogP contribution in [0.3, 0.4) is 0 Å². The smallest absolute Gasteiger partial charge is 0.255 e. The first-order chi connectivity index (χ1) is 20.5. The SMILES string of the molecule is CN(C)[C@H]1C(O)=C(C(N)=O)C(=O)[C@]2(O)C(O)=C3C(=O)c4c(O)c(C(C)(C)C)cc(CNC(=O)c5cccnc5)c4C[C@@H]3C[C@H]12. The second-order valence-corrected chi connectivity index (χ2v) is 12.9. The highest BCUT2D eigenvalue weighted by atomic mass is 16.3. The highest BCUT2D eigenvalue weighted by Crippen LogP contribution is 2.53. The van der Waals surface area contributed by atoms with Crippen molar-refractivity contribution in [2.75, 3.05) is 14.1 Å². The van der Waals surface area contributed by atoms with E-state index in [1.165, 1.54) is 11.1 Å². The molecule has 0 radical (unpaired) electrons. The molecule has 232 valence electrons. The number of hydrogen-bond donors (Lipinski definition) is 6. The Morgan fingerprint density at radius 2 is 1.86 bits per heavy atom. The number of pyridine rings is 1. The molecule has 0 aliphatic heterocycles. The minimum Gasteiger partial charge on any atom is -0.510 e. The molecule has 2 amide bonds. The Labute approximate surface area is 253 Å². The third kappa shape index (κ3) is 4.56. The van der Waals surface area contributed by atoms with Crippen molar-refractivity contribution in [1.29, 1.82) is 0 Å². The van der Waals surface area contributed by atoms with Gasteiger partial charge in [-0.2, -0.15) is 0 Å². The number of ketones is 2. The van der Waals surface area contributed by atoms with Gasteiger partial charge in [0.1, 0.15) is 22.8 Å². The highest BCUT2D eigenvalue weighted by molar-refractivity contribution is 6.24. The summed E-state index contributed by atoms with van der Waals surface area (Å²) in [7, 11) is 3.14. The number of fused-ring (bicyclic) bond motifs is 3. The maximum Gasteiger partial charge on any atom is 0.255 e. The summed E-state index contributed by atoms with van der Waals surface area (Å²) in [6, 6.07) is 3.91. The Morgan fingerprint density at radius 1 is 1.18 bits per heavy atom. The van der Waals surface area contributed by atoms with Gasteiger partial charge in [-0.15, -0.1) is 0 Å². The summed E-state index contributed by atoms with van der Waals surface area (Å²) in [5, 5.41) is 48.7. The van der Waals surface area contributed by atoms with Crippen LogP contribution in [-0.2, 0) is 28.0 Å². The molecule has 0 saturated heterocycles. The maximum atomic E-state index is 14.2. The molecule has 1 heterocycles. The van der Waals surface area contributed by atoms with Crippen LogP contribution in [0.25, 0.3) is 0 Å². The number of amides is 2. The molecule has 7 N–H and O–H groups in total. The molecule has 0 spiro atoms. The quantitative estimate of drug-likeness (QED) is 0.273. The number of phenols is 1. The standard InChI is InChI=1S/C32H36N4O8/c1-31(2,3)19-11-16(13-35-30(43)14-7-6-8-34-12-14)17-9-15-10-18-23(36(4)5)26(39)22(29(33)42)28(41)32(18,44)27(40)20(15)25(38)21(17)24(19)37/h6-8,11-12,15,18,23,37,39-40,44H,9-10,13H2,1-5H3,(H2,33,42)(H,35,43)/t15-,18-,23-,32-/m1/s1. The lowest BCUT2D eigenvalue weighted by molar-refractivity contribution is -0.148. The fraction of sp³-hybridized carbons (Fsp3) is 0.406. The van der Waals surface area contributed by atoms with Gasteiger partial charge in [-0.1, -0.05) is 20.8 Å². The van der Waals surface area contributed by atoms with Crippen LogP contribution in [0.5, 0.6) is 5.75 Å². The molecular formula is C32H36N4O8. The van der Waals surface area contributed by atoms with Gasteiger partial charge < -0.3 is 31.5 Å². The van der Waals surface area contributed by atoms with Crippen LogP contribution >= 0.6 is 0 Å². The molecule has 12 nitrogen and oxygen atoms in total. The lowest BCUT2D eigenvalue weighted by Crippen LogP contribution is -2.63. The number of allylic oxidation sites excluding steroid dienone is 1. The number of aliphatic hydroxyl groups is 3. The predicted octanol–water partition coefficient (Wildman–Crippen LogP) is 1.74. The number of primary amides is 1. The van der Waals surface area contributed by atoms with E-state index in [1.54, 1.807) is 38.5 Å².